The number of carbonyl (C=O) groups is 3. The van der Waals surface area contributed by atoms with Crippen LogP contribution in [0, 0.1) is 6.92 Å². The van der Waals surface area contributed by atoms with Gasteiger partial charge in [0.1, 0.15) is 5.78 Å². The van der Waals surface area contributed by atoms with Crippen LogP contribution in [-0.2, 0) is 16.0 Å². The molecule has 0 spiro atoms. The average molecular weight is 357 g/mol. The summed E-state index contributed by atoms with van der Waals surface area (Å²) in [6.07, 6.45) is 1.56. The highest BCUT2D eigenvalue weighted by molar-refractivity contribution is 7.14. The van der Waals surface area contributed by atoms with Gasteiger partial charge in [-0.3, -0.25) is 14.4 Å². The first-order valence-corrected chi connectivity index (χ1v) is 9.28. The Morgan fingerprint density at radius 2 is 1.64 bits per heavy atom. The number of aryl methyl sites for hydroxylation is 1. The molecule has 132 valence electrons. The second-order valence-electron chi connectivity index (χ2n) is 5.96. The highest BCUT2D eigenvalue weighted by Crippen LogP contribution is 2.17. The van der Waals surface area contributed by atoms with Crippen molar-refractivity contribution in [1.82, 2.24) is 5.32 Å². The molecule has 1 heterocycles. The number of benzene rings is 1. The summed E-state index contributed by atoms with van der Waals surface area (Å²) < 4.78 is 0. The molecule has 1 aromatic heterocycles. The number of rotatable bonds is 10. The molecule has 0 aliphatic heterocycles. The molecule has 1 amide bonds. The van der Waals surface area contributed by atoms with Gasteiger partial charge >= 0.3 is 0 Å². The van der Waals surface area contributed by atoms with Crippen LogP contribution in [0.25, 0.3) is 0 Å². The van der Waals surface area contributed by atoms with Crippen molar-refractivity contribution in [2.24, 2.45) is 0 Å². The standard InChI is InChI=1S/C20H23NO3S/c1-15-7-11-19(25-15)18(23)10-8-17(22)9-12-20(24)21-14-13-16-5-3-2-4-6-16/h2-7,11H,8-10,12-14H2,1H3,(H,21,24). The quantitative estimate of drug-likeness (QED) is 0.659. The van der Waals surface area contributed by atoms with Crippen molar-refractivity contribution in [1.29, 1.82) is 0 Å². The van der Waals surface area contributed by atoms with E-state index in [1.54, 1.807) is 6.07 Å². The van der Waals surface area contributed by atoms with E-state index in [-0.39, 0.29) is 43.2 Å². The molecule has 4 nitrogen and oxygen atoms in total. The van der Waals surface area contributed by atoms with Crippen LogP contribution in [0.2, 0.25) is 0 Å². The highest BCUT2D eigenvalue weighted by Gasteiger charge is 2.12. The zero-order valence-electron chi connectivity index (χ0n) is 14.4. The summed E-state index contributed by atoms with van der Waals surface area (Å²) in [5.41, 5.74) is 1.17. The molecule has 0 unspecified atom stereocenters. The minimum Gasteiger partial charge on any atom is -0.356 e. The molecular formula is C20H23NO3S. The van der Waals surface area contributed by atoms with Gasteiger partial charge in [0.2, 0.25) is 5.91 Å². The number of nitrogens with one attached hydrogen (secondary N) is 1. The van der Waals surface area contributed by atoms with Gasteiger partial charge in [0.25, 0.3) is 0 Å². The van der Waals surface area contributed by atoms with Gasteiger partial charge in [-0.2, -0.15) is 0 Å². The number of Topliss-reactive ketones (excluding diaryl/α,β-unsaturated/α-hetero) is 2. The summed E-state index contributed by atoms with van der Waals surface area (Å²) >= 11 is 1.45. The van der Waals surface area contributed by atoms with Crippen molar-refractivity contribution in [2.75, 3.05) is 6.54 Å². The van der Waals surface area contributed by atoms with Crippen LogP contribution < -0.4 is 5.32 Å². The zero-order chi connectivity index (χ0) is 18.1. The second kappa shape index (κ2) is 9.89. The summed E-state index contributed by atoms with van der Waals surface area (Å²) in [4.78, 5) is 37.4. The lowest BCUT2D eigenvalue weighted by molar-refractivity contribution is -0.125. The van der Waals surface area contributed by atoms with Gasteiger partial charge in [-0.1, -0.05) is 30.3 Å². The van der Waals surface area contributed by atoms with E-state index in [9.17, 15) is 14.4 Å². The molecule has 0 fully saturated rings. The van der Waals surface area contributed by atoms with Crippen molar-refractivity contribution >= 4 is 28.8 Å². The lowest BCUT2D eigenvalue weighted by atomic mass is 10.1. The van der Waals surface area contributed by atoms with Crippen molar-refractivity contribution < 1.29 is 14.4 Å². The van der Waals surface area contributed by atoms with Crippen LogP contribution >= 0.6 is 11.3 Å². The van der Waals surface area contributed by atoms with Gasteiger partial charge in [-0.05, 0) is 31.0 Å². The Balaban J connectivity index is 1.59. The minimum atomic E-state index is -0.121. The van der Waals surface area contributed by atoms with Crippen LogP contribution in [0.5, 0.6) is 0 Å². The Kier molecular flexibility index (Phi) is 7.54. The predicted octanol–water partition coefficient (Wildman–Crippen LogP) is 3.73. The molecule has 5 heteroatoms. The fraction of sp³-hybridized carbons (Fsp3) is 0.350. The average Bonchev–Trinajstić information content (AvgIpc) is 3.05. The van der Waals surface area contributed by atoms with E-state index < -0.39 is 0 Å². The van der Waals surface area contributed by atoms with E-state index in [1.807, 2.05) is 43.3 Å². The summed E-state index contributed by atoms with van der Waals surface area (Å²) in [7, 11) is 0. The summed E-state index contributed by atoms with van der Waals surface area (Å²) in [6, 6.07) is 13.6. The number of thiophene rings is 1. The molecular weight excluding hydrogens is 334 g/mol. The minimum absolute atomic E-state index is 0.00115. The predicted molar refractivity (Wildman–Crippen MR) is 100 cm³/mol. The van der Waals surface area contributed by atoms with Gasteiger partial charge in [0, 0.05) is 37.1 Å². The lowest BCUT2D eigenvalue weighted by Gasteiger charge is -2.05. The molecule has 1 aromatic carbocycles. The van der Waals surface area contributed by atoms with Crippen LogP contribution in [0.3, 0.4) is 0 Å². The normalized spacial score (nSPS) is 10.4. The lowest BCUT2D eigenvalue weighted by Crippen LogP contribution is -2.26. The third-order valence-electron chi connectivity index (χ3n) is 3.86. The molecule has 0 aliphatic rings. The van der Waals surface area contributed by atoms with Crippen molar-refractivity contribution in [3.8, 4) is 0 Å². The first-order valence-electron chi connectivity index (χ1n) is 8.46. The fourth-order valence-corrected chi connectivity index (χ4v) is 3.25. The molecule has 1 N–H and O–H groups in total. The van der Waals surface area contributed by atoms with E-state index in [4.69, 9.17) is 0 Å². The molecule has 0 atom stereocenters. The number of amides is 1. The fourth-order valence-electron chi connectivity index (χ4n) is 2.42. The van der Waals surface area contributed by atoms with E-state index in [0.717, 1.165) is 11.3 Å². The SMILES string of the molecule is Cc1ccc(C(=O)CCC(=O)CCC(=O)NCCc2ccccc2)s1. The van der Waals surface area contributed by atoms with E-state index in [1.165, 1.54) is 16.9 Å². The second-order valence-corrected chi connectivity index (χ2v) is 7.25. The zero-order valence-corrected chi connectivity index (χ0v) is 15.2. The molecule has 0 bridgehead atoms. The maximum absolute atomic E-state index is 12.0. The first-order chi connectivity index (χ1) is 12.0. The van der Waals surface area contributed by atoms with E-state index >= 15 is 0 Å². The first kappa shape index (κ1) is 19.1. The van der Waals surface area contributed by atoms with Gasteiger partial charge < -0.3 is 5.32 Å². The van der Waals surface area contributed by atoms with Gasteiger partial charge in [0.05, 0.1) is 4.88 Å². The summed E-state index contributed by atoms with van der Waals surface area (Å²) in [5.74, 6) is -0.164. The molecule has 0 aliphatic carbocycles. The smallest absolute Gasteiger partial charge is 0.220 e. The number of ketones is 2. The van der Waals surface area contributed by atoms with Crippen molar-refractivity contribution in [3.63, 3.8) is 0 Å². The monoisotopic (exact) mass is 357 g/mol. The topological polar surface area (TPSA) is 63.2 Å². The van der Waals surface area contributed by atoms with Crippen LogP contribution in [0.4, 0.5) is 0 Å². The Morgan fingerprint density at radius 1 is 0.920 bits per heavy atom. The van der Waals surface area contributed by atoms with Gasteiger partial charge in [0.15, 0.2) is 5.78 Å². The van der Waals surface area contributed by atoms with Gasteiger partial charge in [-0.25, -0.2) is 0 Å². The van der Waals surface area contributed by atoms with Crippen molar-refractivity contribution in [2.45, 2.75) is 39.0 Å². The maximum atomic E-state index is 12.0. The molecule has 2 rings (SSSR count). The molecule has 0 saturated carbocycles. The van der Waals surface area contributed by atoms with Crippen LogP contribution in [0.15, 0.2) is 42.5 Å². The molecule has 25 heavy (non-hydrogen) atoms. The maximum Gasteiger partial charge on any atom is 0.220 e. The van der Waals surface area contributed by atoms with Crippen molar-refractivity contribution in [3.05, 3.63) is 57.8 Å². The molecule has 0 saturated heterocycles. The van der Waals surface area contributed by atoms with Gasteiger partial charge in [-0.15, -0.1) is 11.3 Å². The number of carbonyl (C=O) groups excluding carboxylic acids is 3. The molecule has 2 aromatic rings. The Morgan fingerprint density at radius 3 is 2.32 bits per heavy atom. The Bertz CT molecular complexity index is 722. The third-order valence-corrected chi connectivity index (χ3v) is 4.90. The van der Waals surface area contributed by atoms with Crippen LogP contribution in [-0.4, -0.2) is 24.0 Å². The van der Waals surface area contributed by atoms with E-state index in [0.29, 0.717) is 11.4 Å². The number of hydrogen-bond acceptors (Lipinski definition) is 4. The Hall–Kier alpha value is -2.27. The largest absolute Gasteiger partial charge is 0.356 e. The highest BCUT2D eigenvalue weighted by atomic mass is 32.1. The summed E-state index contributed by atoms with van der Waals surface area (Å²) in [6.45, 7) is 2.51. The molecule has 0 radical (unpaired) electrons. The Labute approximate surface area is 152 Å². The third kappa shape index (κ3) is 7.01. The van der Waals surface area contributed by atoms with E-state index in [2.05, 4.69) is 5.32 Å². The number of hydrogen-bond donors (Lipinski definition) is 1. The van der Waals surface area contributed by atoms with Crippen LogP contribution in [0.1, 0.15) is 45.8 Å². The summed E-state index contributed by atoms with van der Waals surface area (Å²) in [5, 5.41) is 2.82.